The Balaban J connectivity index is 2.06. The van der Waals surface area contributed by atoms with Crippen LogP contribution in [0.25, 0.3) is 0 Å². The molecule has 19 heavy (non-hydrogen) atoms. The third-order valence-corrected chi connectivity index (χ3v) is 3.96. The van der Waals surface area contributed by atoms with E-state index in [4.69, 9.17) is 0 Å². The molecule has 1 aliphatic rings. The predicted octanol–water partition coefficient (Wildman–Crippen LogP) is 3.52. The molecule has 0 spiro atoms. The molecule has 1 heterocycles. The number of nitrogens with one attached hydrogen (secondary N) is 1. The molecule has 0 radical (unpaired) electrons. The Hall–Kier alpha value is -1.09. The third-order valence-electron chi connectivity index (χ3n) is 3.96. The van der Waals surface area contributed by atoms with Gasteiger partial charge in [-0.25, -0.2) is 0 Å². The van der Waals surface area contributed by atoms with Crippen LogP contribution in [0.2, 0.25) is 0 Å². The van der Waals surface area contributed by atoms with Crippen molar-refractivity contribution in [2.75, 3.05) is 18.5 Å². The summed E-state index contributed by atoms with van der Waals surface area (Å²) in [5, 5.41) is 3.31. The lowest BCUT2D eigenvalue weighted by atomic mass is 10.1. The number of nitrogens with zero attached hydrogens (tertiary/aromatic N) is 2. The van der Waals surface area contributed by atoms with E-state index in [0.717, 1.165) is 18.2 Å². The van der Waals surface area contributed by atoms with Crippen molar-refractivity contribution in [1.29, 1.82) is 0 Å². The van der Waals surface area contributed by atoms with E-state index in [-0.39, 0.29) is 0 Å². The highest BCUT2D eigenvalue weighted by molar-refractivity contribution is 5.47. The van der Waals surface area contributed by atoms with E-state index in [9.17, 15) is 0 Å². The van der Waals surface area contributed by atoms with E-state index in [1.807, 2.05) is 7.05 Å². The summed E-state index contributed by atoms with van der Waals surface area (Å²) in [6, 6.07) is 5.57. The summed E-state index contributed by atoms with van der Waals surface area (Å²) in [5.41, 5.74) is 2.45. The van der Waals surface area contributed by atoms with E-state index in [1.54, 1.807) is 0 Å². The second-order valence-electron chi connectivity index (χ2n) is 5.47. The van der Waals surface area contributed by atoms with Gasteiger partial charge in [0.05, 0.1) is 17.6 Å². The first kappa shape index (κ1) is 14.3. The first-order valence-electron chi connectivity index (χ1n) is 7.70. The highest BCUT2D eigenvalue weighted by atomic mass is 15.2. The van der Waals surface area contributed by atoms with Crippen LogP contribution in [-0.2, 0) is 0 Å². The average Bonchev–Trinajstić information content (AvgIpc) is 3.27. The molecule has 0 bridgehead atoms. The summed E-state index contributed by atoms with van der Waals surface area (Å²) in [4.78, 5) is 7.20. The van der Waals surface area contributed by atoms with Crippen LogP contribution in [0.4, 0.5) is 5.69 Å². The molecule has 0 aliphatic heterocycles. The molecule has 1 atom stereocenters. The van der Waals surface area contributed by atoms with Crippen LogP contribution in [-0.4, -0.2) is 24.6 Å². The maximum Gasteiger partial charge on any atom is 0.0574 e. The topological polar surface area (TPSA) is 28.2 Å². The van der Waals surface area contributed by atoms with Gasteiger partial charge in [0, 0.05) is 18.6 Å². The molecule has 1 fully saturated rings. The molecule has 1 unspecified atom stereocenters. The molecule has 1 aliphatic carbocycles. The highest BCUT2D eigenvalue weighted by Gasteiger charge is 2.28. The van der Waals surface area contributed by atoms with E-state index < -0.39 is 0 Å². The van der Waals surface area contributed by atoms with Gasteiger partial charge in [0.1, 0.15) is 0 Å². The zero-order chi connectivity index (χ0) is 13.7. The molecule has 1 aromatic heterocycles. The van der Waals surface area contributed by atoms with Crippen molar-refractivity contribution < 1.29 is 0 Å². The summed E-state index contributed by atoms with van der Waals surface area (Å²) in [7, 11) is 2.00. The summed E-state index contributed by atoms with van der Waals surface area (Å²) < 4.78 is 0. The smallest absolute Gasteiger partial charge is 0.0574 e. The van der Waals surface area contributed by atoms with Gasteiger partial charge < -0.3 is 10.2 Å². The molecule has 0 amide bonds. The molecule has 0 aromatic carbocycles. The first-order valence-corrected chi connectivity index (χ1v) is 7.70. The highest BCUT2D eigenvalue weighted by Crippen LogP contribution is 2.32. The van der Waals surface area contributed by atoms with Crippen LogP contribution in [0.15, 0.2) is 18.3 Å². The van der Waals surface area contributed by atoms with Crippen molar-refractivity contribution in [3.63, 3.8) is 0 Å². The third kappa shape index (κ3) is 3.69. The van der Waals surface area contributed by atoms with Gasteiger partial charge >= 0.3 is 0 Å². The van der Waals surface area contributed by atoms with Gasteiger partial charge in [0.2, 0.25) is 0 Å². The number of rotatable bonds is 8. The second-order valence-corrected chi connectivity index (χ2v) is 5.47. The summed E-state index contributed by atoms with van der Waals surface area (Å²) in [6.07, 6.45) is 8.35. The Morgan fingerprint density at radius 1 is 1.37 bits per heavy atom. The molecule has 1 aromatic rings. The van der Waals surface area contributed by atoms with Gasteiger partial charge in [-0.1, -0.05) is 20.3 Å². The minimum Gasteiger partial charge on any atom is -0.367 e. The molecular weight excluding hydrogens is 234 g/mol. The van der Waals surface area contributed by atoms with E-state index in [0.29, 0.717) is 6.04 Å². The maximum atomic E-state index is 4.66. The Morgan fingerprint density at radius 2 is 2.16 bits per heavy atom. The zero-order valence-electron chi connectivity index (χ0n) is 12.5. The van der Waals surface area contributed by atoms with E-state index in [2.05, 4.69) is 47.4 Å². The van der Waals surface area contributed by atoms with Gasteiger partial charge in [0.25, 0.3) is 0 Å². The molecule has 0 saturated heterocycles. The summed E-state index contributed by atoms with van der Waals surface area (Å²) >= 11 is 0. The standard InChI is InChI=1S/C16H27N3/c1-4-6-11-19(13-7-8-13)14-9-10-16(18-12-14)15(5-2)17-3/h9-10,12-13,15,17H,4-8,11H2,1-3H3. The van der Waals surface area contributed by atoms with Gasteiger partial charge in [-0.15, -0.1) is 0 Å². The minimum absolute atomic E-state index is 0.374. The van der Waals surface area contributed by atoms with Crippen LogP contribution in [0, 0.1) is 0 Å². The number of aromatic nitrogens is 1. The first-order chi connectivity index (χ1) is 9.30. The van der Waals surface area contributed by atoms with Crippen molar-refractivity contribution in [2.45, 2.75) is 58.0 Å². The van der Waals surface area contributed by atoms with Crippen LogP contribution >= 0.6 is 0 Å². The van der Waals surface area contributed by atoms with Crippen LogP contribution in [0.3, 0.4) is 0 Å². The van der Waals surface area contributed by atoms with Gasteiger partial charge in [-0.3, -0.25) is 4.98 Å². The SMILES string of the molecule is CCCCN(c1ccc(C(CC)NC)nc1)C1CC1. The zero-order valence-corrected chi connectivity index (χ0v) is 12.5. The maximum absolute atomic E-state index is 4.66. The monoisotopic (exact) mass is 261 g/mol. The van der Waals surface area contributed by atoms with Crippen LogP contribution in [0.1, 0.15) is 57.7 Å². The quantitative estimate of drug-likeness (QED) is 0.776. The second kappa shape index (κ2) is 6.90. The predicted molar refractivity (Wildman–Crippen MR) is 81.6 cm³/mol. The molecule has 3 heteroatoms. The van der Waals surface area contributed by atoms with Crippen molar-refractivity contribution in [3.8, 4) is 0 Å². The molecule has 106 valence electrons. The lowest BCUT2D eigenvalue weighted by Gasteiger charge is -2.25. The Kier molecular flexibility index (Phi) is 5.20. The van der Waals surface area contributed by atoms with E-state index in [1.165, 1.54) is 37.9 Å². The number of anilines is 1. The summed E-state index contributed by atoms with van der Waals surface area (Å²) in [5.74, 6) is 0. The van der Waals surface area contributed by atoms with Crippen molar-refractivity contribution in [3.05, 3.63) is 24.0 Å². The van der Waals surface area contributed by atoms with Gasteiger partial charge in [-0.05, 0) is 44.9 Å². The molecule has 2 rings (SSSR count). The summed E-state index contributed by atoms with van der Waals surface area (Å²) in [6.45, 7) is 5.62. The number of unbranched alkanes of at least 4 members (excludes halogenated alkanes) is 1. The number of hydrogen-bond donors (Lipinski definition) is 1. The van der Waals surface area contributed by atoms with E-state index >= 15 is 0 Å². The van der Waals surface area contributed by atoms with Crippen LogP contribution in [0.5, 0.6) is 0 Å². The fourth-order valence-electron chi connectivity index (χ4n) is 2.57. The number of hydrogen-bond acceptors (Lipinski definition) is 3. The molecule has 3 nitrogen and oxygen atoms in total. The van der Waals surface area contributed by atoms with Crippen molar-refractivity contribution in [2.24, 2.45) is 0 Å². The minimum atomic E-state index is 0.374. The largest absolute Gasteiger partial charge is 0.367 e. The fraction of sp³-hybridized carbons (Fsp3) is 0.688. The fourth-order valence-corrected chi connectivity index (χ4v) is 2.57. The average molecular weight is 261 g/mol. The Labute approximate surface area is 117 Å². The van der Waals surface area contributed by atoms with Crippen LogP contribution < -0.4 is 10.2 Å². The molecule has 1 saturated carbocycles. The van der Waals surface area contributed by atoms with Gasteiger partial charge in [-0.2, -0.15) is 0 Å². The Bertz CT molecular complexity index is 366. The lowest BCUT2D eigenvalue weighted by Crippen LogP contribution is -2.27. The normalized spacial score (nSPS) is 16.4. The number of pyridine rings is 1. The lowest BCUT2D eigenvalue weighted by molar-refractivity contribution is 0.561. The Morgan fingerprint density at radius 3 is 2.63 bits per heavy atom. The molecule has 1 N–H and O–H groups in total. The van der Waals surface area contributed by atoms with Crippen molar-refractivity contribution in [1.82, 2.24) is 10.3 Å². The van der Waals surface area contributed by atoms with Gasteiger partial charge in [0.15, 0.2) is 0 Å². The van der Waals surface area contributed by atoms with Crippen molar-refractivity contribution >= 4 is 5.69 Å². The molecular formula is C16H27N3.